The second-order valence-corrected chi connectivity index (χ2v) is 10.4. The lowest BCUT2D eigenvalue weighted by atomic mass is 9.94. The van der Waals surface area contributed by atoms with Gasteiger partial charge in [0.2, 0.25) is 0 Å². The van der Waals surface area contributed by atoms with Gasteiger partial charge in [0.15, 0.2) is 11.6 Å². The van der Waals surface area contributed by atoms with Gasteiger partial charge in [-0.1, -0.05) is 24.3 Å². The summed E-state index contributed by atoms with van der Waals surface area (Å²) in [7, 11) is 0. The van der Waals surface area contributed by atoms with Gasteiger partial charge in [-0.25, -0.2) is 9.97 Å². The van der Waals surface area contributed by atoms with Crippen molar-refractivity contribution in [2.24, 2.45) is 0 Å². The van der Waals surface area contributed by atoms with Crippen LogP contribution in [-0.4, -0.2) is 43.3 Å². The zero-order valence-corrected chi connectivity index (χ0v) is 24.1. The van der Waals surface area contributed by atoms with Crippen molar-refractivity contribution < 1.29 is 10.2 Å². The Hall–Kier alpha value is -4.96. The molecular formula is C34H33N7O2. The zero-order valence-electron chi connectivity index (χ0n) is 24.1. The van der Waals surface area contributed by atoms with Gasteiger partial charge in [0.25, 0.3) is 0 Å². The number of anilines is 4. The molecule has 0 radical (unpaired) electrons. The molecule has 0 saturated carbocycles. The highest BCUT2D eigenvalue weighted by atomic mass is 16.3. The first-order valence-corrected chi connectivity index (χ1v) is 14.2. The summed E-state index contributed by atoms with van der Waals surface area (Å²) in [5, 5.41) is 30.7. The van der Waals surface area contributed by atoms with E-state index in [4.69, 9.17) is 10.1 Å². The average molecular weight is 572 g/mol. The number of aliphatic hydroxyl groups excluding tert-OH is 2. The minimum absolute atomic E-state index is 0.0553. The summed E-state index contributed by atoms with van der Waals surface area (Å²) >= 11 is 0. The van der Waals surface area contributed by atoms with Crippen molar-refractivity contribution in [2.75, 3.05) is 23.8 Å². The summed E-state index contributed by atoms with van der Waals surface area (Å²) in [4.78, 5) is 18.4. The highest BCUT2D eigenvalue weighted by Gasteiger charge is 2.14. The Morgan fingerprint density at radius 3 is 1.72 bits per heavy atom. The molecule has 0 amide bonds. The lowest BCUT2D eigenvalue weighted by molar-refractivity contribution is 0.281. The first kappa shape index (κ1) is 28.2. The number of pyridine rings is 4. The Morgan fingerprint density at radius 1 is 0.651 bits per heavy atom. The van der Waals surface area contributed by atoms with Crippen LogP contribution in [0.2, 0.25) is 0 Å². The lowest BCUT2D eigenvalue weighted by Crippen LogP contribution is -2.17. The fraction of sp³-hybridized carbons (Fsp3) is 0.176. The number of benzene rings is 2. The van der Waals surface area contributed by atoms with Crippen LogP contribution in [0, 0.1) is 13.8 Å². The number of aromatic nitrogens is 4. The number of hydrogen-bond acceptors (Lipinski definition) is 9. The SMILES string of the molecule is Cc1c(Nc2nccc3cc(CO)cnc23)cccc1-c1cccc(Nc2nccc3cc(CNCCO)cnc23)c1C. The van der Waals surface area contributed by atoms with E-state index in [2.05, 4.69) is 69.0 Å². The lowest BCUT2D eigenvalue weighted by Gasteiger charge is -2.18. The van der Waals surface area contributed by atoms with Gasteiger partial charge in [0.05, 0.1) is 13.2 Å². The quantitative estimate of drug-likeness (QED) is 0.127. The summed E-state index contributed by atoms with van der Waals surface area (Å²) in [5.41, 5.74) is 9.62. The van der Waals surface area contributed by atoms with E-state index in [0.717, 1.165) is 66.6 Å². The summed E-state index contributed by atoms with van der Waals surface area (Å²) in [6.45, 7) is 5.43. The highest BCUT2D eigenvalue weighted by Crippen LogP contribution is 2.36. The number of aliphatic hydroxyl groups is 2. The average Bonchev–Trinajstić information content (AvgIpc) is 3.03. The normalized spacial score (nSPS) is 11.3. The molecule has 216 valence electrons. The molecule has 4 heterocycles. The largest absolute Gasteiger partial charge is 0.395 e. The molecule has 0 aliphatic heterocycles. The Bertz CT molecular complexity index is 1930. The molecule has 2 aromatic carbocycles. The van der Waals surface area contributed by atoms with Crippen molar-refractivity contribution in [2.45, 2.75) is 27.0 Å². The number of fused-ring (bicyclic) bond motifs is 2. The van der Waals surface area contributed by atoms with Crippen molar-refractivity contribution in [3.63, 3.8) is 0 Å². The van der Waals surface area contributed by atoms with Crippen LogP contribution in [0.4, 0.5) is 23.0 Å². The Kier molecular flexibility index (Phi) is 8.19. The molecule has 9 heteroatoms. The number of nitrogens with one attached hydrogen (secondary N) is 3. The molecule has 0 spiro atoms. The van der Waals surface area contributed by atoms with E-state index >= 15 is 0 Å². The van der Waals surface area contributed by atoms with Crippen LogP contribution in [0.1, 0.15) is 22.3 Å². The number of rotatable bonds is 10. The molecule has 0 aliphatic carbocycles. The van der Waals surface area contributed by atoms with Crippen LogP contribution in [0.3, 0.4) is 0 Å². The van der Waals surface area contributed by atoms with E-state index in [0.29, 0.717) is 24.7 Å². The first-order valence-electron chi connectivity index (χ1n) is 14.2. The molecule has 0 unspecified atom stereocenters. The molecule has 5 N–H and O–H groups in total. The third-order valence-corrected chi connectivity index (χ3v) is 7.58. The van der Waals surface area contributed by atoms with Crippen LogP contribution >= 0.6 is 0 Å². The maximum atomic E-state index is 9.50. The van der Waals surface area contributed by atoms with E-state index in [1.54, 1.807) is 18.6 Å². The second kappa shape index (κ2) is 12.5. The van der Waals surface area contributed by atoms with E-state index in [1.165, 1.54) is 0 Å². The summed E-state index contributed by atoms with van der Waals surface area (Å²) in [5.74, 6) is 1.36. The van der Waals surface area contributed by atoms with Gasteiger partial charge in [-0.15, -0.1) is 0 Å². The number of hydrogen-bond donors (Lipinski definition) is 5. The van der Waals surface area contributed by atoms with Gasteiger partial charge in [-0.2, -0.15) is 0 Å². The fourth-order valence-electron chi connectivity index (χ4n) is 5.27. The van der Waals surface area contributed by atoms with Gasteiger partial charge in [0.1, 0.15) is 11.0 Å². The monoisotopic (exact) mass is 571 g/mol. The maximum absolute atomic E-state index is 9.50. The summed E-state index contributed by atoms with van der Waals surface area (Å²) < 4.78 is 0. The second-order valence-electron chi connectivity index (χ2n) is 10.4. The van der Waals surface area contributed by atoms with Crippen LogP contribution in [0.25, 0.3) is 32.9 Å². The smallest absolute Gasteiger partial charge is 0.156 e. The molecule has 43 heavy (non-hydrogen) atoms. The predicted molar refractivity (Wildman–Crippen MR) is 172 cm³/mol. The maximum Gasteiger partial charge on any atom is 0.156 e. The standard InChI is InChI=1S/C34H33N7O2/c1-21-27(5-3-7-29(21)40-33-31-25(9-11-36-33)15-23(18-38-31)17-35-13-14-42)28-6-4-8-30(22(28)2)41-34-32-26(10-12-37-34)16-24(20-43)19-39-32/h3-12,15-16,18-19,35,42-43H,13-14,17,20H2,1-2H3,(H,36,40)(H,37,41). The van der Waals surface area contributed by atoms with Crippen LogP contribution in [0.15, 0.2) is 85.5 Å². The molecule has 9 nitrogen and oxygen atoms in total. The number of nitrogens with zero attached hydrogens (tertiary/aromatic N) is 4. The molecule has 0 aliphatic rings. The van der Waals surface area contributed by atoms with Gasteiger partial charge in [0, 0.05) is 60.0 Å². The Labute approximate surface area is 249 Å². The Morgan fingerprint density at radius 2 is 1.19 bits per heavy atom. The molecular weight excluding hydrogens is 538 g/mol. The third-order valence-electron chi connectivity index (χ3n) is 7.58. The van der Waals surface area contributed by atoms with Gasteiger partial charge in [-0.3, -0.25) is 9.97 Å². The minimum Gasteiger partial charge on any atom is -0.395 e. The van der Waals surface area contributed by atoms with E-state index in [9.17, 15) is 5.11 Å². The first-order chi connectivity index (χ1) is 21.1. The molecule has 0 fully saturated rings. The van der Waals surface area contributed by atoms with Crippen molar-refractivity contribution >= 4 is 44.8 Å². The minimum atomic E-state index is -0.0553. The fourth-order valence-corrected chi connectivity index (χ4v) is 5.27. The molecule has 4 aromatic heterocycles. The summed E-state index contributed by atoms with van der Waals surface area (Å²) in [6, 6.07) is 20.3. The zero-order chi connectivity index (χ0) is 29.8. The van der Waals surface area contributed by atoms with Gasteiger partial charge >= 0.3 is 0 Å². The van der Waals surface area contributed by atoms with E-state index < -0.39 is 0 Å². The highest BCUT2D eigenvalue weighted by molar-refractivity contribution is 5.92. The molecule has 0 saturated heterocycles. The van der Waals surface area contributed by atoms with E-state index in [1.807, 2.05) is 42.6 Å². The summed E-state index contributed by atoms with van der Waals surface area (Å²) in [6.07, 6.45) is 7.06. The predicted octanol–water partition coefficient (Wildman–Crippen LogP) is 5.92. The van der Waals surface area contributed by atoms with Crippen molar-refractivity contribution in [1.82, 2.24) is 25.3 Å². The molecule has 6 aromatic rings. The Balaban J connectivity index is 1.30. The van der Waals surface area contributed by atoms with Gasteiger partial charge in [-0.05, 0) is 83.6 Å². The van der Waals surface area contributed by atoms with Crippen LogP contribution in [0.5, 0.6) is 0 Å². The van der Waals surface area contributed by atoms with Gasteiger partial charge < -0.3 is 26.2 Å². The van der Waals surface area contributed by atoms with Crippen molar-refractivity contribution in [1.29, 1.82) is 0 Å². The third kappa shape index (κ3) is 5.87. The van der Waals surface area contributed by atoms with Crippen LogP contribution in [-0.2, 0) is 13.2 Å². The van der Waals surface area contributed by atoms with Crippen molar-refractivity contribution in [3.8, 4) is 11.1 Å². The van der Waals surface area contributed by atoms with Crippen molar-refractivity contribution in [3.05, 3.63) is 108 Å². The van der Waals surface area contributed by atoms with Crippen LogP contribution < -0.4 is 16.0 Å². The van der Waals surface area contributed by atoms with E-state index in [-0.39, 0.29) is 13.2 Å². The molecule has 0 atom stereocenters. The molecule has 6 rings (SSSR count). The molecule has 0 bridgehead atoms. The topological polar surface area (TPSA) is 128 Å².